The number of nitrogens with one attached hydrogen (secondary N) is 1. The van der Waals surface area contributed by atoms with Crippen molar-refractivity contribution in [3.05, 3.63) is 53.6 Å². The van der Waals surface area contributed by atoms with E-state index >= 15 is 0 Å². The van der Waals surface area contributed by atoms with Gasteiger partial charge in [-0.15, -0.1) is 0 Å². The number of para-hydroxylation sites is 1. The van der Waals surface area contributed by atoms with E-state index in [1.54, 1.807) is 0 Å². The monoisotopic (exact) mass is 349 g/mol. The number of methoxy groups -OCH3 is 1. The highest BCUT2D eigenvalue weighted by Crippen LogP contribution is 2.30. The second-order valence-electron chi connectivity index (χ2n) is 4.88. The van der Waals surface area contributed by atoms with Crippen molar-refractivity contribution in [2.75, 3.05) is 11.8 Å². The van der Waals surface area contributed by atoms with E-state index in [9.17, 15) is 23.1 Å². The normalized spacial score (nSPS) is 10.9. The summed E-state index contributed by atoms with van der Waals surface area (Å²) in [5.41, 5.74) is -0.105. The van der Waals surface area contributed by atoms with Crippen LogP contribution in [0.3, 0.4) is 0 Å². The van der Waals surface area contributed by atoms with E-state index in [-0.39, 0.29) is 27.5 Å². The number of ketones is 1. The molecule has 0 amide bonds. The van der Waals surface area contributed by atoms with Crippen LogP contribution in [0.25, 0.3) is 0 Å². The summed E-state index contributed by atoms with van der Waals surface area (Å²) < 4.78 is 31.6. The van der Waals surface area contributed by atoms with Crippen molar-refractivity contribution in [3.8, 4) is 5.75 Å². The van der Waals surface area contributed by atoms with Crippen molar-refractivity contribution in [2.45, 2.75) is 11.8 Å². The quantitative estimate of drug-likeness (QED) is 0.486. The van der Waals surface area contributed by atoms with Crippen LogP contribution >= 0.6 is 0 Å². The van der Waals surface area contributed by atoms with E-state index in [0.717, 1.165) is 7.11 Å². The number of hydrogen-bond donors (Lipinski definition) is 2. The molecule has 0 saturated carbocycles. The minimum absolute atomic E-state index is 0.141. The van der Waals surface area contributed by atoms with E-state index in [1.807, 2.05) is 0 Å². The lowest BCUT2D eigenvalue weighted by Gasteiger charge is -2.12. The van der Waals surface area contributed by atoms with Crippen molar-refractivity contribution < 1.29 is 27.9 Å². The molecule has 0 heterocycles. The number of anilines is 1. The first-order valence-corrected chi connectivity index (χ1v) is 8.28. The zero-order valence-corrected chi connectivity index (χ0v) is 13.8. The zero-order valence-electron chi connectivity index (χ0n) is 12.9. The minimum Gasteiger partial charge on any atom is -0.505 e. The van der Waals surface area contributed by atoms with Crippen molar-refractivity contribution in [3.63, 3.8) is 0 Å². The number of Topliss-reactive ketones (excluding diaryl/α,β-unsaturated/α-hetero) is 1. The first-order chi connectivity index (χ1) is 11.3. The molecule has 0 unspecified atom stereocenters. The highest BCUT2D eigenvalue weighted by Gasteiger charge is 2.20. The molecule has 2 rings (SSSR count). The van der Waals surface area contributed by atoms with Gasteiger partial charge in [-0.3, -0.25) is 9.52 Å². The average Bonchev–Trinajstić information content (AvgIpc) is 2.56. The molecule has 0 spiro atoms. The Morgan fingerprint density at radius 1 is 1.12 bits per heavy atom. The molecule has 0 saturated heterocycles. The molecule has 0 aliphatic heterocycles. The fourth-order valence-electron chi connectivity index (χ4n) is 1.99. The zero-order chi connectivity index (χ0) is 17.9. The Labute approximate surface area is 138 Å². The molecular weight excluding hydrogens is 334 g/mol. The van der Waals surface area contributed by atoms with Crippen LogP contribution in [-0.2, 0) is 14.8 Å². The van der Waals surface area contributed by atoms with Gasteiger partial charge in [0.1, 0.15) is 5.56 Å². The van der Waals surface area contributed by atoms with E-state index < -0.39 is 21.7 Å². The summed E-state index contributed by atoms with van der Waals surface area (Å²) >= 11 is 0. The van der Waals surface area contributed by atoms with E-state index in [4.69, 9.17) is 0 Å². The molecular formula is C16H15NO6S. The predicted molar refractivity (Wildman–Crippen MR) is 86.7 cm³/mol. The third-order valence-electron chi connectivity index (χ3n) is 3.24. The Bertz CT molecular complexity index is 905. The Morgan fingerprint density at radius 2 is 1.79 bits per heavy atom. The number of aromatic hydroxyl groups is 1. The maximum absolute atomic E-state index is 12.4. The lowest BCUT2D eigenvalue weighted by molar-refractivity contribution is 0.0597. The standard InChI is InChI=1S/C16H15NO6S/c1-10(18)11-5-3-6-12(9-11)24(21,22)17-14-8-4-7-13(15(14)19)16(20)23-2/h3-9,17,19H,1-2H3. The first kappa shape index (κ1) is 17.5. The Balaban J connectivity index is 2.42. The number of phenolic OH excluding ortho intramolecular Hbond substituents is 1. The largest absolute Gasteiger partial charge is 0.505 e. The van der Waals surface area contributed by atoms with Crippen LogP contribution in [0, 0.1) is 0 Å². The summed E-state index contributed by atoms with van der Waals surface area (Å²) in [5.74, 6) is -1.62. The second-order valence-corrected chi connectivity index (χ2v) is 6.57. The minimum atomic E-state index is -4.06. The van der Waals surface area contributed by atoms with Gasteiger partial charge in [-0.05, 0) is 31.2 Å². The second kappa shape index (κ2) is 6.71. The van der Waals surface area contributed by atoms with E-state index in [0.29, 0.717) is 0 Å². The van der Waals surface area contributed by atoms with Crippen LogP contribution in [0.2, 0.25) is 0 Å². The van der Waals surface area contributed by atoms with Gasteiger partial charge in [0.15, 0.2) is 11.5 Å². The summed E-state index contributed by atoms with van der Waals surface area (Å²) in [6, 6.07) is 9.48. The number of carbonyl (C=O) groups is 2. The Hall–Kier alpha value is -2.87. The SMILES string of the molecule is COC(=O)c1cccc(NS(=O)(=O)c2cccc(C(C)=O)c2)c1O. The molecule has 0 bridgehead atoms. The number of hydrogen-bond acceptors (Lipinski definition) is 6. The van der Waals surface area contributed by atoms with Crippen molar-refractivity contribution >= 4 is 27.5 Å². The smallest absolute Gasteiger partial charge is 0.341 e. The summed E-state index contributed by atoms with van der Waals surface area (Å²) in [6.45, 7) is 1.32. The molecule has 0 atom stereocenters. The van der Waals surface area contributed by atoms with Gasteiger partial charge >= 0.3 is 5.97 Å². The van der Waals surface area contributed by atoms with Crippen molar-refractivity contribution in [2.24, 2.45) is 0 Å². The molecule has 2 aromatic carbocycles. The number of ether oxygens (including phenoxy) is 1. The number of rotatable bonds is 5. The number of esters is 1. The Morgan fingerprint density at radius 3 is 2.42 bits per heavy atom. The highest BCUT2D eigenvalue weighted by molar-refractivity contribution is 7.92. The van der Waals surface area contributed by atoms with Gasteiger partial charge in [-0.2, -0.15) is 0 Å². The molecule has 0 aliphatic carbocycles. The van der Waals surface area contributed by atoms with Crippen LogP contribution in [0.1, 0.15) is 27.6 Å². The van der Waals surface area contributed by atoms with Crippen molar-refractivity contribution in [1.29, 1.82) is 0 Å². The Kier molecular flexibility index (Phi) is 4.89. The van der Waals surface area contributed by atoms with Crippen LogP contribution < -0.4 is 4.72 Å². The third-order valence-corrected chi connectivity index (χ3v) is 4.60. The molecule has 24 heavy (non-hydrogen) atoms. The van der Waals surface area contributed by atoms with Crippen LogP contribution in [0.4, 0.5) is 5.69 Å². The molecule has 0 aliphatic rings. The third kappa shape index (κ3) is 3.54. The molecule has 2 N–H and O–H groups in total. The van der Waals surface area contributed by atoms with Gasteiger partial charge in [-0.25, -0.2) is 13.2 Å². The number of carbonyl (C=O) groups excluding carboxylic acids is 2. The molecule has 126 valence electrons. The number of phenols is 1. The molecule has 8 heteroatoms. The van der Waals surface area contributed by atoms with Crippen molar-refractivity contribution in [1.82, 2.24) is 0 Å². The molecule has 0 radical (unpaired) electrons. The van der Waals surface area contributed by atoms with E-state index in [1.165, 1.54) is 49.4 Å². The molecule has 0 aromatic heterocycles. The fourth-order valence-corrected chi connectivity index (χ4v) is 3.10. The molecule has 2 aromatic rings. The highest BCUT2D eigenvalue weighted by atomic mass is 32.2. The van der Waals surface area contributed by atoms with Crippen LogP contribution in [0.5, 0.6) is 5.75 Å². The average molecular weight is 349 g/mol. The molecule has 0 fully saturated rings. The number of sulfonamides is 1. The van der Waals surface area contributed by atoms with Gasteiger partial charge in [0.25, 0.3) is 10.0 Å². The van der Waals surface area contributed by atoms with Gasteiger partial charge < -0.3 is 9.84 Å². The fraction of sp³-hybridized carbons (Fsp3) is 0.125. The van der Waals surface area contributed by atoms with Gasteiger partial charge in [0, 0.05) is 5.56 Å². The summed E-state index contributed by atoms with van der Waals surface area (Å²) in [6.07, 6.45) is 0. The lowest BCUT2D eigenvalue weighted by Crippen LogP contribution is -2.14. The number of benzene rings is 2. The predicted octanol–water partition coefficient (Wildman–Crippen LogP) is 2.18. The summed E-state index contributed by atoms with van der Waals surface area (Å²) in [5, 5.41) is 10.1. The van der Waals surface area contributed by atoms with Crippen LogP contribution in [-0.4, -0.2) is 32.4 Å². The van der Waals surface area contributed by atoms with Crippen LogP contribution in [0.15, 0.2) is 47.4 Å². The first-order valence-electron chi connectivity index (χ1n) is 6.80. The lowest BCUT2D eigenvalue weighted by atomic mass is 10.2. The van der Waals surface area contributed by atoms with E-state index in [2.05, 4.69) is 9.46 Å². The van der Waals surface area contributed by atoms with Gasteiger partial charge in [0.05, 0.1) is 17.7 Å². The van der Waals surface area contributed by atoms with Gasteiger partial charge in [-0.1, -0.05) is 18.2 Å². The summed E-state index contributed by atoms with van der Waals surface area (Å²) in [7, 11) is -2.91. The van der Waals surface area contributed by atoms with Gasteiger partial charge in [0.2, 0.25) is 0 Å². The topological polar surface area (TPSA) is 110 Å². The maximum Gasteiger partial charge on any atom is 0.341 e. The molecule has 7 nitrogen and oxygen atoms in total. The maximum atomic E-state index is 12.4. The summed E-state index contributed by atoms with van der Waals surface area (Å²) in [4.78, 5) is 22.8.